The molecule has 1 aromatic carbocycles. The Morgan fingerprint density at radius 1 is 1.24 bits per heavy atom. The van der Waals surface area contributed by atoms with Gasteiger partial charge in [-0.2, -0.15) is 0 Å². The van der Waals surface area contributed by atoms with Gasteiger partial charge in [-0.1, -0.05) is 12.1 Å². The Morgan fingerprint density at radius 3 is 2.86 bits per heavy atom. The molecule has 3 N–H and O–H groups in total. The number of nitrogen functional groups attached to an aromatic ring is 1. The first-order valence-corrected chi connectivity index (χ1v) is 9.29. The molecule has 3 heterocycles. The largest absolute Gasteiger partial charge is 0.478 e. The number of hydrogen-bond donors (Lipinski definition) is 2. The van der Waals surface area contributed by atoms with Crippen LogP contribution in [0.3, 0.4) is 0 Å². The van der Waals surface area contributed by atoms with Gasteiger partial charge in [0.15, 0.2) is 0 Å². The Bertz CT molecular complexity index is 1100. The van der Waals surface area contributed by atoms with Gasteiger partial charge in [0.2, 0.25) is 11.8 Å². The summed E-state index contributed by atoms with van der Waals surface area (Å²) < 4.78 is 19.6. The Hall–Kier alpha value is -3.55. The number of aryl methyl sites for hydroxylation is 1. The lowest BCUT2D eigenvalue weighted by atomic mass is 9.90. The van der Waals surface area contributed by atoms with Crippen LogP contribution in [0.25, 0.3) is 11.3 Å². The summed E-state index contributed by atoms with van der Waals surface area (Å²) in [5, 5.41) is 2.98. The summed E-state index contributed by atoms with van der Waals surface area (Å²) >= 11 is 0. The van der Waals surface area contributed by atoms with Crippen molar-refractivity contribution in [3.05, 3.63) is 64.7 Å². The summed E-state index contributed by atoms with van der Waals surface area (Å²) in [6, 6.07) is 9.36. The summed E-state index contributed by atoms with van der Waals surface area (Å²) in [6.07, 6.45) is 0.415. The zero-order valence-corrected chi connectivity index (χ0v) is 16.1. The van der Waals surface area contributed by atoms with E-state index in [1.165, 1.54) is 12.1 Å². The smallest absolute Gasteiger partial charge is 0.255 e. The fourth-order valence-electron chi connectivity index (χ4n) is 3.61. The van der Waals surface area contributed by atoms with E-state index in [9.17, 15) is 9.18 Å². The number of carbonyl (C=O) groups is 1. The number of pyridine rings is 1. The van der Waals surface area contributed by atoms with Gasteiger partial charge in [-0.3, -0.25) is 4.79 Å². The number of aromatic nitrogens is 3. The highest BCUT2D eigenvalue weighted by Crippen LogP contribution is 2.33. The topological polar surface area (TPSA) is 103 Å². The first kappa shape index (κ1) is 18.8. The van der Waals surface area contributed by atoms with E-state index in [4.69, 9.17) is 10.5 Å². The summed E-state index contributed by atoms with van der Waals surface area (Å²) in [4.78, 5) is 25.5. The SMILES string of the molecule is CCOc1cccc(-c2cc(F)ccc2C2Cc3nc(N)nc(C)c3C(=O)N2)n1. The van der Waals surface area contributed by atoms with Crippen molar-refractivity contribution in [3.63, 3.8) is 0 Å². The minimum absolute atomic E-state index is 0.125. The molecule has 29 heavy (non-hydrogen) atoms. The average molecular weight is 393 g/mol. The van der Waals surface area contributed by atoms with Crippen molar-refractivity contribution in [1.29, 1.82) is 0 Å². The second-order valence-corrected chi connectivity index (χ2v) is 6.74. The molecule has 4 rings (SSSR count). The van der Waals surface area contributed by atoms with Crippen LogP contribution in [0.2, 0.25) is 0 Å². The van der Waals surface area contributed by atoms with Crippen LogP contribution in [0.4, 0.5) is 10.3 Å². The number of rotatable bonds is 4. The Kier molecular flexibility index (Phi) is 4.84. The van der Waals surface area contributed by atoms with E-state index >= 15 is 0 Å². The lowest BCUT2D eigenvalue weighted by Crippen LogP contribution is -2.37. The lowest BCUT2D eigenvalue weighted by Gasteiger charge is -2.27. The molecule has 1 amide bonds. The maximum absolute atomic E-state index is 14.1. The number of benzene rings is 1. The third-order valence-corrected chi connectivity index (χ3v) is 4.79. The molecule has 7 nitrogen and oxygen atoms in total. The van der Waals surface area contributed by atoms with Crippen molar-refractivity contribution in [3.8, 4) is 17.1 Å². The van der Waals surface area contributed by atoms with E-state index in [1.807, 2.05) is 6.92 Å². The Labute approximate surface area is 167 Å². The van der Waals surface area contributed by atoms with Gasteiger partial charge in [0.25, 0.3) is 5.91 Å². The number of nitrogens with two attached hydrogens (primary N) is 1. The van der Waals surface area contributed by atoms with E-state index in [0.717, 1.165) is 5.56 Å². The van der Waals surface area contributed by atoms with Gasteiger partial charge >= 0.3 is 0 Å². The highest BCUT2D eigenvalue weighted by Gasteiger charge is 2.30. The second-order valence-electron chi connectivity index (χ2n) is 6.74. The van der Waals surface area contributed by atoms with Crippen molar-refractivity contribution >= 4 is 11.9 Å². The van der Waals surface area contributed by atoms with Crippen LogP contribution in [0.15, 0.2) is 36.4 Å². The molecular formula is C21H20FN5O2. The molecular weight excluding hydrogens is 373 g/mol. The molecule has 8 heteroatoms. The molecule has 0 fully saturated rings. The van der Waals surface area contributed by atoms with Gasteiger partial charge in [-0.25, -0.2) is 19.3 Å². The van der Waals surface area contributed by atoms with E-state index < -0.39 is 11.9 Å². The number of anilines is 1. The van der Waals surface area contributed by atoms with Gasteiger partial charge in [0.1, 0.15) is 5.82 Å². The molecule has 0 radical (unpaired) electrons. The average Bonchev–Trinajstić information content (AvgIpc) is 2.67. The van der Waals surface area contributed by atoms with E-state index in [2.05, 4.69) is 20.3 Å². The van der Waals surface area contributed by atoms with Gasteiger partial charge in [0.05, 0.1) is 35.3 Å². The number of carbonyl (C=O) groups excluding carboxylic acids is 1. The maximum Gasteiger partial charge on any atom is 0.255 e. The number of amides is 1. The molecule has 2 aromatic heterocycles. The van der Waals surface area contributed by atoms with Crippen LogP contribution in [-0.2, 0) is 6.42 Å². The minimum atomic E-state index is -0.406. The molecule has 3 aromatic rings. The highest BCUT2D eigenvalue weighted by atomic mass is 19.1. The number of halogens is 1. The summed E-state index contributed by atoms with van der Waals surface area (Å²) in [5.74, 6) is -0.0909. The maximum atomic E-state index is 14.1. The summed E-state index contributed by atoms with van der Waals surface area (Å²) in [5.41, 5.74) is 9.20. The zero-order valence-electron chi connectivity index (χ0n) is 16.1. The fourth-order valence-corrected chi connectivity index (χ4v) is 3.61. The van der Waals surface area contributed by atoms with Gasteiger partial charge < -0.3 is 15.8 Å². The van der Waals surface area contributed by atoms with Crippen LogP contribution >= 0.6 is 0 Å². The molecule has 1 aliphatic rings. The molecule has 1 aliphatic heterocycles. The van der Waals surface area contributed by atoms with Crippen molar-refractivity contribution in [2.45, 2.75) is 26.3 Å². The monoisotopic (exact) mass is 393 g/mol. The van der Waals surface area contributed by atoms with Crippen LogP contribution in [0.5, 0.6) is 5.88 Å². The standard InChI is InChI=1S/C21H20FN5O2/c1-3-29-18-6-4-5-15(25-18)14-9-12(22)7-8-13(14)16-10-17-19(20(28)26-16)11(2)24-21(23)27-17/h4-9,16H,3,10H2,1-2H3,(H,26,28)(H2,23,24,27). The van der Waals surface area contributed by atoms with Crippen LogP contribution in [0.1, 0.15) is 40.3 Å². The molecule has 148 valence electrons. The third-order valence-electron chi connectivity index (χ3n) is 4.79. The molecule has 0 bridgehead atoms. The van der Waals surface area contributed by atoms with E-state index in [-0.39, 0.29) is 11.9 Å². The van der Waals surface area contributed by atoms with Crippen molar-refractivity contribution in [2.24, 2.45) is 0 Å². The molecule has 1 unspecified atom stereocenters. The molecule has 0 aliphatic carbocycles. The number of fused-ring (bicyclic) bond motifs is 1. The predicted molar refractivity (Wildman–Crippen MR) is 106 cm³/mol. The number of nitrogens with zero attached hydrogens (tertiary/aromatic N) is 3. The fraction of sp³-hybridized carbons (Fsp3) is 0.238. The minimum Gasteiger partial charge on any atom is -0.478 e. The lowest BCUT2D eigenvalue weighted by molar-refractivity contribution is 0.0922. The first-order chi connectivity index (χ1) is 14.0. The zero-order chi connectivity index (χ0) is 20.5. The van der Waals surface area contributed by atoms with E-state index in [0.29, 0.717) is 47.1 Å². The second kappa shape index (κ2) is 7.46. The van der Waals surface area contributed by atoms with Crippen molar-refractivity contribution < 1.29 is 13.9 Å². The van der Waals surface area contributed by atoms with E-state index in [1.54, 1.807) is 31.2 Å². The molecule has 0 saturated heterocycles. The quantitative estimate of drug-likeness (QED) is 0.706. The molecule has 0 spiro atoms. The number of hydrogen-bond acceptors (Lipinski definition) is 6. The van der Waals surface area contributed by atoms with Gasteiger partial charge in [-0.15, -0.1) is 0 Å². The first-order valence-electron chi connectivity index (χ1n) is 9.29. The third kappa shape index (κ3) is 3.61. The molecule has 0 saturated carbocycles. The summed E-state index contributed by atoms with van der Waals surface area (Å²) in [7, 11) is 0. The van der Waals surface area contributed by atoms with Crippen LogP contribution in [-0.4, -0.2) is 27.5 Å². The normalized spacial score (nSPS) is 15.6. The van der Waals surface area contributed by atoms with Gasteiger partial charge in [-0.05, 0) is 37.6 Å². The Morgan fingerprint density at radius 2 is 2.07 bits per heavy atom. The van der Waals surface area contributed by atoms with Gasteiger partial charge in [0, 0.05) is 18.1 Å². The predicted octanol–water partition coefficient (Wildman–Crippen LogP) is 2.99. The van der Waals surface area contributed by atoms with Crippen LogP contribution < -0.4 is 15.8 Å². The van der Waals surface area contributed by atoms with Crippen LogP contribution in [0, 0.1) is 12.7 Å². The number of ether oxygens (including phenoxy) is 1. The van der Waals surface area contributed by atoms with Crippen molar-refractivity contribution in [1.82, 2.24) is 20.3 Å². The molecule has 1 atom stereocenters. The van der Waals surface area contributed by atoms with Crippen molar-refractivity contribution in [2.75, 3.05) is 12.3 Å². The Balaban J connectivity index is 1.78. The summed E-state index contributed by atoms with van der Waals surface area (Å²) in [6.45, 7) is 4.07. The highest BCUT2D eigenvalue weighted by molar-refractivity contribution is 5.98. The number of nitrogens with one attached hydrogen (secondary N) is 1.